The summed E-state index contributed by atoms with van der Waals surface area (Å²) in [6.07, 6.45) is 5.30. The van der Waals surface area contributed by atoms with Gasteiger partial charge in [-0.2, -0.15) is 5.10 Å². The molecular formula is C42H41FN10O2. The number of aromatic nitrogens is 6. The number of nitrogens with one attached hydrogen (secondary N) is 1. The second-order valence-corrected chi connectivity index (χ2v) is 14.5. The van der Waals surface area contributed by atoms with Crippen LogP contribution < -0.4 is 15.1 Å². The van der Waals surface area contributed by atoms with Gasteiger partial charge in [0.1, 0.15) is 23.1 Å². The lowest BCUT2D eigenvalue weighted by Gasteiger charge is -2.35. The van der Waals surface area contributed by atoms with Gasteiger partial charge in [-0.3, -0.25) is 24.5 Å². The molecule has 7 heterocycles. The van der Waals surface area contributed by atoms with Crippen molar-refractivity contribution in [3.05, 3.63) is 102 Å². The Kier molecular flexibility index (Phi) is 9.19. The van der Waals surface area contributed by atoms with Crippen LogP contribution in [0.4, 0.5) is 16.0 Å². The van der Waals surface area contributed by atoms with Gasteiger partial charge in [0.15, 0.2) is 5.65 Å². The number of hydrogen-bond donors (Lipinski definition) is 1. The maximum absolute atomic E-state index is 14.1. The first-order valence-corrected chi connectivity index (χ1v) is 19.0. The van der Waals surface area contributed by atoms with Crippen LogP contribution in [0.1, 0.15) is 60.9 Å². The molecule has 1 unspecified atom stereocenters. The summed E-state index contributed by atoms with van der Waals surface area (Å²) in [6, 6.07) is 23.0. The van der Waals surface area contributed by atoms with Crippen LogP contribution in [-0.2, 0) is 16.6 Å². The van der Waals surface area contributed by atoms with E-state index in [9.17, 15) is 14.0 Å². The number of imidazole rings is 1. The minimum absolute atomic E-state index is 0.0726. The van der Waals surface area contributed by atoms with E-state index in [2.05, 4.69) is 48.0 Å². The summed E-state index contributed by atoms with van der Waals surface area (Å²) < 4.78 is 17.8. The number of imide groups is 1. The van der Waals surface area contributed by atoms with Crippen molar-refractivity contribution in [3.8, 4) is 23.2 Å². The predicted octanol–water partition coefficient (Wildman–Crippen LogP) is 5.24. The van der Waals surface area contributed by atoms with Gasteiger partial charge in [-0.1, -0.05) is 42.2 Å². The summed E-state index contributed by atoms with van der Waals surface area (Å²) in [5, 5.41) is 13.1. The average molecular weight is 737 g/mol. The lowest BCUT2D eigenvalue weighted by Crippen LogP contribution is -2.46. The monoisotopic (exact) mass is 736 g/mol. The highest BCUT2D eigenvalue weighted by Gasteiger charge is 2.32. The van der Waals surface area contributed by atoms with Gasteiger partial charge in [-0.15, -0.1) is 5.10 Å². The predicted molar refractivity (Wildman–Crippen MR) is 208 cm³/mol. The molecular weight excluding hydrogens is 696 g/mol. The summed E-state index contributed by atoms with van der Waals surface area (Å²) in [5.41, 5.74) is 5.83. The summed E-state index contributed by atoms with van der Waals surface area (Å²) >= 11 is 0. The van der Waals surface area contributed by atoms with Crippen LogP contribution in [0.25, 0.3) is 27.9 Å². The molecule has 0 aliphatic carbocycles. The third kappa shape index (κ3) is 6.78. The second kappa shape index (κ2) is 14.6. The number of carbonyl (C=O) groups excluding carboxylic acids is 2. The van der Waals surface area contributed by atoms with E-state index >= 15 is 0 Å². The molecule has 2 aromatic carbocycles. The summed E-state index contributed by atoms with van der Waals surface area (Å²) in [7, 11) is 1.87. The number of para-hydroxylation sites is 1. The van der Waals surface area contributed by atoms with E-state index < -0.39 is 5.92 Å². The van der Waals surface area contributed by atoms with Gasteiger partial charge in [-0.05, 0) is 67.3 Å². The fourth-order valence-electron chi connectivity index (χ4n) is 8.28. The maximum atomic E-state index is 14.1. The second-order valence-electron chi connectivity index (χ2n) is 14.5. The fraction of sp³-hybridized carbons (Fsp3) is 0.333. The molecule has 2 amide bonds. The summed E-state index contributed by atoms with van der Waals surface area (Å²) in [6.45, 7) is 5.24. The molecule has 3 aliphatic heterocycles. The zero-order chi connectivity index (χ0) is 37.5. The van der Waals surface area contributed by atoms with Crippen molar-refractivity contribution in [1.29, 1.82) is 0 Å². The van der Waals surface area contributed by atoms with Crippen LogP contribution >= 0.6 is 0 Å². The molecule has 55 heavy (non-hydrogen) atoms. The molecule has 6 aromatic rings. The number of halogens is 1. The Bertz CT molecular complexity index is 2490. The molecule has 9 rings (SSSR count). The number of benzene rings is 2. The number of pyridine rings is 1. The number of hydrogen-bond acceptors (Lipinski definition) is 9. The quantitative estimate of drug-likeness (QED) is 0.174. The number of piperidine rings is 1. The standard InChI is InChI=1S/C42H41FN10O2/c1-49-41-28(9-5-12-31(41)40(48-49)32-16-19-39(54)46-42(32)55)8-2-3-20-50-22-24-51(25-23-50)37-15-6-13-33(45-37)35-27-44-36-17-18-38(47-53(35)36)52-21-7-14-34(52)29-10-4-11-30(43)26-29/h4-6,9-13,15,17-18,26-27,32,34H,3,7,14,16,19-25H2,1H3,(H,46,54,55)/t32?,34-/m1/s1. The first-order chi connectivity index (χ1) is 26.9. The van der Waals surface area contributed by atoms with Crippen molar-refractivity contribution in [2.75, 3.05) is 49.1 Å². The third-order valence-corrected chi connectivity index (χ3v) is 11.1. The van der Waals surface area contributed by atoms with E-state index in [0.29, 0.717) is 18.5 Å². The van der Waals surface area contributed by atoms with Crippen LogP contribution in [-0.4, -0.2) is 85.3 Å². The molecule has 0 radical (unpaired) electrons. The van der Waals surface area contributed by atoms with Gasteiger partial charge in [0.05, 0.1) is 40.6 Å². The Labute approximate surface area is 318 Å². The topological polar surface area (TPSA) is 117 Å². The normalized spacial score (nSPS) is 19.2. The Morgan fingerprint density at radius 1 is 0.909 bits per heavy atom. The number of nitrogens with zero attached hydrogens (tertiary/aromatic N) is 9. The Morgan fingerprint density at radius 2 is 1.76 bits per heavy atom. The number of anilines is 2. The van der Waals surface area contributed by atoms with Crippen molar-refractivity contribution < 1.29 is 14.0 Å². The van der Waals surface area contributed by atoms with Gasteiger partial charge in [0.2, 0.25) is 11.8 Å². The molecule has 2 atom stereocenters. The molecule has 3 aliphatic rings. The Morgan fingerprint density at radius 3 is 2.62 bits per heavy atom. The molecule has 1 N–H and O–H groups in total. The van der Waals surface area contributed by atoms with Crippen molar-refractivity contribution in [1.82, 2.24) is 39.6 Å². The van der Waals surface area contributed by atoms with Crippen LogP contribution in [0.3, 0.4) is 0 Å². The molecule has 3 fully saturated rings. The smallest absolute Gasteiger partial charge is 0.235 e. The van der Waals surface area contributed by atoms with Crippen LogP contribution in [0.5, 0.6) is 0 Å². The lowest BCUT2D eigenvalue weighted by molar-refractivity contribution is -0.134. The first-order valence-electron chi connectivity index (χ1n) is 19.0. The lowest BCUT2D eigenvalue weighted by atomic mass is 9.92. The van der Waals surface area contributed by atoms with Gasteiger partial charge < -0.3 is 9.80 Å². The molecule has 3 saturated heterocycles. The molecule has 0 saturated carbocycles. The molecule has 0 bridgehead atoms. The largest absolute Gasteiger partial charge is 0.354 e. The molecule has 12 nitrogen and oxygen atoms in total. The summed E-state index contributed by atoms with van der Waals surface area (Å²) in [5.74, 6) is 7.31. The van der Waals surface area contributed by atoms with Crippen molar-refractivity contribution >= 4 is 40.0 Å². The Hall–Kier alpha value is -6.13. The van der Waals surface area contributed by atoms with E-state index in [1.54, 1.807) is 16.8 Å². The maximum Gasteiger partial charge on any atom is 0.235 e. The van der Waals surface area contributed by atoms with E-state index in [1.165, 1.54) is 6.07 Å². The highest BCUT2D eigenvalue weighted by molar-refractivity contribution is 6.03. The number of carbonyl (C=O) groups is 2. The number of rotatable bonds is 7. The summed E-state index contributed by atoms with van der Waals surface area (Å²) in [4.78, 5) is 41.0. The van der Waals surface area contributed by atoms with E-state index in [-0.39, 0.29) is 23.7 Å². The third-order valence-electron chi connectivity index (χ3n) is 11.1. The van der Waals surface area contributed by atoms with Crippen LogP contribution in [0.2, 0.25) is 0 Å². The van der Waals surface area contributed by atoms with E-state index in [1.807, 2.05) is 66.3 Å². The van der Waals surface area contributed by atoms with Crippen LogP contribution in [0.15, 0.2) is 79.0 Å². The SMILES string of the molecule is Cn1nc(C2CCC(=O)NC2=O)c2cccc(C#CCCN3CCN(c4cccc(-c5cnc6ccc(N7CCC[C@@H]7c7cccc(F)c7)nn56)n4)CC3)c21. The van der Waals surface area contributed by atoms with Crippen molar-refractivity contribution in [3.63, 3.8) is 0 Å². The highest BCUT2D eigenvalue weighted by Crippen LogP contribution is 2.36. The fourth-order valence-corrected chi connectivity index (χ4v) is 8.28. The minimum Gasteiger partial charge on any atom is -0.354 e. The van der Waals surface area contributed by atoms with Crippen molar-refractivity contribution in [2.45, 2.75) is 44.1 Å². The van der Waals surface area contributed by atoms with Crippen LogP contribution in [0, 0.1) is 17.7 Å². The molecule has 0 spiro atoms. The zero-order valence-corrected chi connectivity index (χ0v) is 30.7. The van der Waals surface area contributed by atoms with Gasteiger partial charge in [-0.25, -0.2) is 18.9 Å². The van der Waals surface area contributed by atoms with E-state index in [0.717, 1.165) is 109 Å². The first kappa shape index (κ1) is 34.6. The van der Waals surface area contributed by atoms with Gasteiger partial charge >= 0.3 is 0 Å². The Balaban J connectivity index is 0.843. The van der Waals surface area contributed by atoms with Gasteiger partial charge in [0, 0.05) is 64.5 Å². The average Bonchev–Trinajstić information content (AvgIpc) is 3.95. The highest BCUT2D eigenvalue weighted by atomic mass is 19.1. The number of aryl methyl sites for hydroxylation is 1. The minimum atomic E-state index is -0.444. The molecule has 13 heteroatoms. The van der Waals surface area contributed by atoms with Gasteiger partial charge in [0.25, 0.3) is 0 Å². The van der Waals surface area contributed by atoms with Crippen molar-refractivity contribution in [2.24, 2.45) is 7.05 Å². The number of amides is 2. The van der Waals surface area contributed by atoms with E-state index in [4.69, 9.17) is 10.1 Å². The number of piperazine rings is 1. The molecule has 278 valence electrons. The molecule has 4 aromatic heterocycles. The zero-order valence-electron chi connectivity index (χ0n) is 30.7. The number of fused-ring (bicyclic) bond motifs is 2.